The molecule has 5 nitrogen and oxygen atoms in total. The molecule has 1 aromatic carbocycles. The zero-order chi connectivity index (χ0) is 16.9. The van der Waals surface area contributed by atoms with E-state index in [0.717, 1.165) is 29.4 Å². The van der Waals surface area contributed by atoms with Gasteiger partial charge in [0.15, 0.2) is 11.0 Å². The minimum absolute atomic E-state index is 0.0896. The number of aryl methyl sites for hydroxylation is 1. The van der Waals surface area contributed by atoms with E-state index < -0.39 is 0 Å². The van der Waals surface area contributed by atoms with E-state index in [0.29, 0.717) is 11.8 Å². The summed E-state index contributed by atoms with van der Waals surface area (Å²) in [5.74, 6) is 1.30. The SMILES string of the molecule is Cc1ccc(-c2nnc(SCC(=O)NC3CCCCC3)n2C)cc1. The van der Waals surface area contributed by atoms with Crippen molar-refractivity contribution in [2.45, 2.75) is 50.2 Å². The van der Waals surface area contributed by atoms with Gasteiger partial charge in [-0.25, -0.2) is 0 Å². The lowest BCUT2D eigenvalue weighted by atomic mass is 9.95. The summed E-state index contributed by atoms with van der Waals surface area (Å²) in [6.45, 7) is 2.06. The van der Waals surface area contributed by atoms with Crippen LogP contribution in [0.4, 0.5) is 0 Å². The number of thioether (sulfide) groups is 1. The van der Waals surface area contributed by atoms with Crippen LogP contribution in [-0.4, -0.2) is 32.5 Å². The molecule has 1 aliphatic rings. The summed E-state index contributed by atoms with van der Waals surface area (Å²) in [6, 6.07) is 8.57. The summed E-state index contributed by atoms with van der Waals surface area (Å²) in [7, 11) is 1.94. The minimum Gasteiger partial charge on any atom is -0.353 e. The van der Waals surface area contributed by atoms with Crippen molar-refractivity contribution in [2.75, 3.05) is 5.75 Å². The minimum atomic E-state index is 0.0896. The highest BCUT2D eigenvalue weighted by molar-refractivity contribution is 7.99. The zero-order valence-electron chi connectivity index (χ0n) is 14.3. The molecule has 0 aliphatic heterocycles. The zero-order valence-corrected chi connectivity index (χ0v) is 15.1. The van der Waals surface area contributed by atoms with Gasteiger partial charge in [0.25, 0.3) is 0 Å². The van der Waals surface area contributed by atoms with Crippen LogP contribution in [0.5, 0.6) is 0 Å². The average molecular weight is 344 g/mol. The van der Waals surface area contributed by atoms with Crippen LogP contribution in [-0.2, 0) is 11.8 Å². The maximum absolute atomic E-state index is 12.1. The first kappa shape index (κ1) is 17.0. The lowest BCUT2D eigenvalue weighted by Crippen LogP contribution is -2.37. The van der Waals surface area contributed by atoms with Crippen molar-refractivity contribution in [3.63, 3.8) is 0 Å². The van der Waals surface area contributed by atoms with E-state index in [1.165, 1.54) is 36.6 Å². The topological polar surface area (TPSA) is 59.8 Å². The van der Waals surface area contributed by atoms with Crippen molar-refractivity contribution in [3.05, 3.63) is 29.8 Å². The summed E-state index contributed by atoms with van der Waals surface area (Å²) in [6.07, 6.45) is 5.96. The monoisotopic (exact) mass is 344 g/mol. The van der Waals surface area contributed by atoms with Crippen molar-refractivity contribution in [1.29, 1.82) is 0 Å². The Kier molecular flexibility index (Phi) is 5.56. The largest absolute Gasteiger partial charge is 0.353 e. The van der Waals surface area contributed by atoms with Crippen molar-refractivity contribution in [2.24, 2.45) is 7.05 Å². The van der Waals surface area contributed by atoms with Gasteiger partial charge >= 0.3 is 0 Å². The molecule has 0 bridgehead atoms. The molecule has 128 valence electrons. The van der Waals surface area contributed by atoms with E-state index >= 15 is 0 Å². The Bertz CT molecular complexity index is 690. The second-order valence-electron chi connectivity index (χ2n) is 6.42. The molecule has 1 amide bonds. The maximum Gasteiger partial charge on any atom is 0.230 e. The smallest absolute Gasteiger partial charge is 0.230 e. The van der Waals surface area contributed by atoms with Crippen LogP contribution in [0, 0.1) is 6.92 Å². The van der Waals surface area contributed by atoms with Crippen molar-refractivity contribution < 1.29 is 4.79 Å². The molecule has 0 spiro atoms. The maximum atomic E-state index is 12.1. The summed E-state index contributed by atoms with van der Waals surface area (Å²) in [4.78, 5) is 12.1. The van der Waals surface area contributed by atoms with Gasteiger partial charge in [0.05, 0.1) is 5.75 Å². The molecule has 0 atom stereocenters. The van der Waals surface area contributed by atoms with Crippen molar-refractivity contribution >= 4 is 17.7 Å². The molecule has 2 aromatic rings. The molecule has 6 heteroatoms. The van der Waals surface area contributed by atoms with Crippen molar-refractivity contribution in [3.8, 4) is 11.4 Å². The molecule has 1 fully saturated rings. The van der Waals surface area contributed by atoms with Gasteiger partial charge in [-0.1, -0.05) is 60.9 Å². The second-order valence-corrected chi connectivity index (χ2v) is 7.36. The lowest BCUT2D eigenvalue weighted by molar-refractivity contribution is -0.119. The molecule has 1 aromatic heterocycles. The van der Waals surface area contributed by atoms with Crippen LogP contribution in [0.3, 0.4) is 0 Å². The van der Waals surface area contributed by atoms with Gasteiger partial charge in [-0.15, -0.1) is 10.2 Å². The van der Waals surface area contributed by atoms with E-state index in [1.54, 1.807) is 0 Å². The van der Waals surface area contributed by atoms with Crippen LogP contribution in [0.2, 0.25) is 0 Å². The highest BCUT2D eigenvalue weighted by atomic mass is 32.2. The van der Waals surface area contributed by atoms with Gasteiger partial charge in [-0.3, -0.25) is 4.79 Å². The van der Waals surface area contributed by atoms with Crippen LogP contribution in [0.25, 0.3) is 11.4 Å². The highest BCUT2D eigenvalue weighted by Gasteiger charge is 2.17. The molecule has 0 unspecified atom stereocenters. The predicted molar refractivity (Wildman–Crippen MR) is 96.9 cm³/mol. The summed E-state index contributed by atoms with van der Waals surface area (Å²) in [5.41, 5.74) is 2.25. The quantitative estimate of drug-likeness (QED) is 0.845. The van der Waals surface area contributed by atoms with Crippen LogP contribution >= 0.6 is 11.8 Å². The van der Waals surface area contributed by atoms with Crippen molar-refractivity contribution in [1.82, 2.24) is 20.1 Å². The van der Waals surface area contributed by atoms with Gasteiger partial charge in [-0.2, -0.15) is 0 Å². The summed E-state index contributed by atoms with van der Waals surface area (Å²) in [5, 5.41) is 12.4. The number of nitrogens with zero attached hydrogens (tertiary/aromatic N) is 3. The average Bonchev–Trinajstić information content (AvgIpc) is 2.95. The number of amides is 1. The number of aromatic nitrogens is 3. The Labute approximate surface area is 147 Å². The normalized spacial score (nSPS) is 15.4. The van der Waals surface area contributed by atoms with E-state index in [9.17, 15) is 4.79 Å². The van der Waals surface area contributed by atoms with E-state index in [1.807, 2.05) is 23.7 Å². The van der Waals surface area contributed by atoms with E-state index in [4.69, 9.17) is 0 Å². The summed E-state index contributed by atoms with van der Waals surface area (Å²) >= 11 is 1.44. The molecule has 24 heavy (non-hydrogen) atoms. The number of benzene rings is 1. The third kappa shape index (κ3) is 4.17. The third-order valence-corrected chi connectivity index (χ3v) is 5.47. The summed E-state index contributed by atoms with van der Waals surface area (Å²) < 4.78 is 1.95. The standard InChI is InChI=1S/C18H24N4OS/c1-13-8-10-14(11-9-13)17-20-21-18(22(17)2)24-12-16(23)19-15-6-4-3-5-7-15/h8-11,15H,3-7,12H2,1-2H3,(H,19,23). The Hall–Kier alpha value is -1.82. The number of nitrogens with one attached hydrogen (secondary N) is 1. The number of carbonyl (C=O) groups is 1. The molecular weight excluding hydrogens is 320 g/mol. The first-order valence-corrected chi connectivity index (χ1v) is 9.50. The third-order valence-electron chi connectivity index (χ3n) is 4.45. The van der Waals surface area contributed by atoms with Gasteiger partial charge < -0.3 is 9.88 Å². The molecule has 3 rings (SSSR count). The number of rotatable bonds is 5. The molecule has 1 saturated carbocycles. The Morgan fingerprint density at radius 2 is 1.92 bits per heavy atom. The van der Waals surface area contributed by atoms with Gasteiger partial charge in [-0.05, 0) is 19.8 Å². The molecule has 0 radical (unpaired) electrons. The number of carbonyl (C=O) groups excluding carboxylic acids is 1. The number of hydrogen-bond acceptors (Lipinski definition) is 4. The number of hydrogen-bond donors (Lipinski definition) is 1. The van der Waals surface area contributed by atoms with Gasteiger partial charge in [0.2, 0.25) is 5.91 Å². The second kappa shape index (κ2) is 7.83. The van der Waals surface area contributed by atoms with Gasteiger partial charge in [0, 0.05) is 18.7 Å². The first-order chi connectivity index (χ1) is 11.6. The van der Waals surface area contributed by atoms with Crippen LogP contribution in [0.1, 0.15) is 37.7 Å². The fraction of sp³-hybridized carbons (Fsp3) is 0.500. The molecule has 0 saturated heterocycles. The van der Waals surface area contributed by atoms with Gasteiger partial charge in [0.1, 0.15) is 0 Å². The fourth-order valence-corrected chi connectivity index (χ4v) is 3.76. The van der Waals surface area contributed by atoms with E-state index in [2.05, 4.69) is 34.6 Å². The Morgan fingerprint density at radius 3 is 2.62 bits per heavy atom. The van der Waals surface area contributed by atoms with Crippen LogP contribution < -0.4 is 5.32 Å². The molecule has 1 aliphatic carbocycles. The molecular formula is C18H24N4OS. The highest BCUT2D eigenvalue weighted by Crippen LogP contribution is 2.23. The molecule has 1 heterocycles. The van der Waals surface area contributed by atoms with Crippen LogP contribution in [0.15, 0.2) is 29.4 Å². The first-order valence-electron chi connectivity index (χ1n) is 8.52. The Morgan fingerprint density at radius 1 is 1.21 bits per heavy atom. The molecule has 1 N–H and O–H groups in total. The fourth-order valence-electron chi connectivity index (χ4n) is 3.04. The Balaban J connectivity index is 1.57. The lowest BCUT2D eigenvalue weighted by Gasteiger charge is -2.22. The predicted octanol–water partition coefficient (Wildman–Crippen LogP) is 3.33. The van der Waals surface area contributed by atoms with E-state index in [-0.39, 0.29) is 5.91 Å².